The lowest BCUT2D eigenvalue weighted by Crippen LogP contribution is -2.50. The highest BCUT2D eigenvalue weighted by molar-refractivity contribution is 7.89. The van der Waals surface area contributed by atoms with E-state index < -0.39 is 22.1 Å². The van der Waals surface area contributed by atoms with Gasteiger partial charge in [0, 0.05) is 31.2 Å². The fraction of sp³-hybridized carbons (Fsp3) is 0.478. The molecular formula is C23H29ClN4O4S. The van der Waals surface area contributed by atoms with Crippen LogP contribution in [-0.4, -0.2) is 86.8 Å². The third-order valence-electron chi connectivity index (χ3n) is 6.48. The Balaban J connectivity index is 1.44. The highest BCUT2D eigenvalue weighted by Gasteiger charge is 2.40. The summed E-state index contributed by atoms with van der Waals surface area (Å²) < 4.78 is 28.5. The Bertz CT molecular complexity index is 1170. The molecule has 0 unspecified atom stereocenters. The van der Waals surface area contributed by atoms with Gasteiger partial charge in [0.05, 0.1) is 4.90 Å². The number of carbonyl (C=O) groups is 2. The van der Waals surface area contributed by atoms with Crippen LogP contribution < -0.4 is 4.72 Å². The second-order valence-electron chi connectivity index (χ2n) is 8.81. The summed E-state index contributed by atoms with van der Waals surface area (Å²) in [5.74, 6) is -0.450. The minimum Gasteiger partial charge on any atom is -0.340 e. The predicted octanol–water partition coefficient (Wildman–Crippen LogP) is 1.93. The number of likely N-dealkylation sites (N-methyl/N-ethyl adjacent to an activating group) is 1. The molecule has 0 radical (unpaired) electrons. The lowest BCUT2D eigenvalue weighted by atomic mass is 10.1. The zero-order chi connectivity index (χ0) is 23.8. The van der Waals surface area contributed by atoms with Gasteiger partial charge < -0.3 is 14.7 Å². The number of halogens is 1. The maximum absolute atomic E-state index is 13.0. The first-order chi connectivity index (χ1) is 15.7. The Morgan fingerprint density at radius 1 is 1.06 bits per heavy atom. The summed E-state index contributed by atoms with van der Waals surface area (Å²) in [5.41, 5.74) is 0. The van der Waals surface area contributed by atoms with Crippen LogP contribution in [0.25, 0.3) is 10.8 Å². The minimum absolute atomic E-state index is 0.0846. The van der Waals surface area contributed by atoms with Crippen LogP contribution in [0.2, 0.25) is 5.02 Å². The van der Waals surface area contributed by atoms with E-state index in [-0.39, 0.29) is 16.7 Å². The van der Waals surface area contributed by atoms with E-state index in [0.717, 1.165) is 30.3 Å². The van der Waals surface area contributed by atoms with E-state index in [4.69, 9.17) is 11.6 Å². The Labute approximate surface area is 199 Å². The van der Waals surface area contributed by atoms with Gasteiger partial charge in [0.15, 0.2) is 0 Å². The van der Waals surface area contributed by atoms with E-state index in [1.807, 2.05) is 7.05 Å². The standard InChI is InChI=1S/C23H29ClN4O4S/c1-16(22(29)27-10-3-9-26(2)12-13-27)28-11-8-21(23(28)30)25-33(31,32)20-7-5-17-14-19(24)6-4-18(17)15-20/h4-7,14-16,21,25H,3,8-13H2,1-2H3/t16-,21-/m0/s1. The monoisotopic (exact) mass is 492 g/mol. The van der Waals surface area contributed by atoms with Gasteiger partial charge in [-0.3, -0.25) is 9.59 Å². The molecule has 178 valence electrons. The van der Waals surface area contributed by atoms with E-state index in [1.165, 1.54) is 11.0 Å². The van der Waals surface area contributed by atoms with Gasteiger partial charge in [0.1, 0.15) is 12.1 Å². The van der Waals surface area contributed by atoms with E-state index >= 15 is 0 Å². The van der Waals surface area contributed by atoms with Crippen molar-refractivity contribution >= 4 is 44.2 Å². The van der Waals surface area contributed by atoms with Gasteiger partial charge >= 0.3 is 0 Å². The van der Waals surface area contributed by atoms with E-state index in [1.54, 1.807) is 42.2 Å². The molecule has 2 atom stereocenters. The van der Waals surface area contributed by atoms with E-state index in [2.05, 4.69) is 9.62 Å². The van der Waals surface area contributed by atoms with Crippen molar-refractivity contribution in [3.05, 3.63) is 41.4 Å². The summed E-state index contributed by atoms with van der Waals surface area (Å²) in [6.07, 6.45) is 1.21. The summed E-state index contributed by atoms with van der Waals surface area (Å²) in [7, 11) is -1.88. The van der Waals surface area contributed by atoms with Crippen LogP contribution in [0.5, 0.6) is 0 Å². The highest BCUT2D eigenvalue weighted by atomic mass is 35.5. The molecule has 2 saturated heterocycles. The number of carbonyl (C=O) groups excluding carboxylic acids is 2. The Morgan fingerprint density at radius 3 is 2.58 bits per heavy atom. The number of fused-ring (bicyclic) bond motifs is 1. The van der Waals surface area contributed by atoms with Crippen LogP contribution >= 0.6 is 11.6 Å². The molecule has 4 rings (SSSR count). The average Bonchev–Trinajstić information content (AvgIpc) is 2.99. The number of sulfonamides is 1. The Hall–Kier alpha value is -2.20. The van der Waals surface area contributed by atoms with Gasteiger partial charge in [-0.2, -0.15) is 4.72 Å². The number of hydrogen-bond acceptors (Lipinski definition) is 5. The fourth-order valence-electron chi connectivity index (χ4n) is 4.48. The van der Waals surface area contributed by atoms with Crippen molar-refractivity contribution in [1.29, 1.82) is 0 Å². The number of hydrogen-bond donors (Lipinski definition) is 1. The number of benzene rings is 2. The summed E-state index contributed by atoms with van der Waals surface area (Å²) in [5, 5.41) is 2.14. The normalized spacial score (nSPS) is 21.4. The smallest absolute Gasteiger partial charge is 0.245 e. The molecule has 2 aromatic rings. The molecule has 0 spiro atoms. The summed E-state index contributed by atoms with van der Waals surface area (Å²) in [6.45, 7) is 5.09. The molecule has 0 aliphatic carbocycles. The largest absolute Gasteiger partial charge is 0.340 e. The second-order valence-corrected chi connectivity index (χ2v) is 11.0. The van der Waals surface area contributed by atoms with E-state index in [0.29, 0.717) is 31.1 Å². The molecule has 2 fully saturated rings. The zero-order valence-electron chi connectivity index (χ0n) is 18.8. The van der Waals surface area contributed by atoms with Crippen molar-refractivity contribution < 1.29 is 18.0 Å². The lowest BCUT2D eigenvalue weighted by molar-refractivity contribution is -0.143. The third-order valence-corrected chi connectivity index (χ3v) is 8.18. The molecule has 2 amide bonds. The van der Waals surface area contributed by atoms with Crippen molar-refractivity contribution in [2.24, 2.45) is 0 Å². The fourth-order valence-corrected chi connectivity index (χ4v) is 5.92. The number of rotatable bonds is 5. The second kappa shape index (κ2) is 9.58. The van der Waals surface area contributed by atoms with Crippen molar-refractivity contribution in [1.82, 2.24) is 19.4 Å². The van der Waals surface area contributed by atoms with Crippen LogP contribution in [-0.2, 0) is 19.6 Å². The predicted molar refractivity (Wildman–Crippen MR) is 128 cm³/mol. The highest BCUT2D eigenvalue weighted by Crippen LogP contribution is 2.24. The van der Waals surface area contributed by atoms with Gasteiger partial charge in [-0.15, -0.1) is 0 Å². The van der Waals surface area contributed by atoms with Gasteiger partial charge in [-0.05, 0) is 68.4 Å². The summed E-state index contributed by atoms with van der Waals surface area (Å²) in [4.78, 5) is 31.6. The number of likely N-dealkylation sites (tertiary alicyclic amines) is 1. The Kier molecular flexibility index (Phi) is 6.95. The summed E-state index contributed by atoms with van der Waals surface area (Å²) in [6, 6.07) is 8.47. The Morgan fingerprint density at radius 2 is 1.79 bits per heavy atom. The third kappa shape index (κ3) is 5.16. The summed E-state index contributed by atoms with van der Waals surface area (Å²) >= 11 is 6.00. The van der Waals surface area contributed by atoms with Crippen LogP contribution in [0.15, 0.2) is 41.3 Å². The van der Waals surface area contributed by atoms with Crippen LogP contribution in [0.4, 0.5) is 0 Å². The van der Waals surface area contributed by atoms with Crippen molar-refractivity contribution in [3.63, 3.8) is 0 Å². The lowest BCUT2D eigenvalue weighted by Gasteiger charge is -2.30. The first kappa shape index (κ1) is 23.9. The zero-order valence-corrected chi connectivity index (χ0v) is 20.4. The maximum atomic E-state index is 13.0. The number of nitrogens with zero attached hydrogens (tertiary/aromatic N) is 3. The SMILES string of the molecule is C[C@@H](C(=O)N1CCCN(C)CC1)N1CC[C@H](NS(=O)(=O)c2ccc3cc(Cl)ccc3c2)C1=O. The molecule has 2 heterocycles. The number of nitrogens with one attached hydrogen (secondary N) is 1. The topological polar surface area (TPSA) is 90.0 Å². The molecule has 0 aromatic heterocycles. The maximum Gasteiger partial charge on any atom is 0.245 e. The van der Waals surface area contributed by atoms with Gasteiger partial charge in [-0.1, -0.05) is 23.7 Å². The van der Waals surface area contributed by atoms with Crippen molar-refractivity contribution in [2.45, 2.75) is 36.7 Å². The molecule has 10 heteroatoms. The molecule has 33 heavy (non-hydrogen) atoms. The molecule has 1 N–H and O–H groups in total. The molecular weight excluding hydrogens is 464 g/mol. The molecule has 0 bridgehead atoms. The first-order valence-electron chi connectivity index (χ1n) is 11.2. The van der Waals surface area contributed by atoms with Crippen LogP contribution in [0.3, 0.4) is 0 Å². The molecule has 8 nitrogen and oxygen atoms in total. The van der Waals surface area contributed by atoms with Gasteiger partial charge in [-0.25, -0.2) is 8.42 Å². The average molecular weight is 493 g/mol. The van der Waals surface area contributed by atoms with E-state index in [9.17, 15) is 18.0 Å². The molecule has 2 aliphatic heterocycles. The molecule has 2 aliphatic rings. The van der Waals surface area contributed by atoms with Crippen LogP contribution in [0, 0.1) is 0 Å². The van der Waals surface area contributed by atoms with Crippen molar-refractivity contribution in [3.8, 4) is 0 Å². The first-order valence-corrected chi connectivity index (χ1v) is 13.0. The molecule has 2 aromatic carbocycles. The van der Waals surface area contributed by atoms with Gasteiger partial charge in [0.2, 0.25) is 21.8 Å². The number of amides is 2. The van der Waals surface area contributed by atoms with Crippen LogP contribution in [0.1, 0.15) is 19.8 Å². The minimum atomic E-state index is -3.91. The quantitative estimate of drug-likeness (QED) is 0.688. The molecule has 0 saturated carbocycles. The van der Waals surface area contributed by atoms with Crippen molar-refractivity contribution in [2.75, 3.05) is 39.8 Å². The van der Waals surface area contributed by atoms with Gasteiger partial charge in [0.25, 0.3) is 0 Å².